The fourth-order valence-electron chi connectivity index (χ4n) is 3.13. The van der Waals surface area contributed by atoms with Crippen molar-refractivity contribution < 1.29 is 14.7 Å². The van der Waals surface area contributed by atoms with E-state index >= 15 is 0 Å². The lowest BCUT2D eigenvalue weighted by atomic mass is 9.92. The Morgan fingerprint density at radius 2 is 1.72 bits per heavy atom. The fourth-order valence-corrected chi connectivity index (χ4v) is 3.13. The van der Waals surface area contributed by atoms with Gasteiger partial charge in [0.2, 0.25) is 5.78 Å². The first-order valence-electron chi connectivity index (χ1n) is 8.03. The average Bonchev–Trinajstić information content (AvgIpc) is 3.07. The van der Waals surface area contributed by atoms with Crippen LogP contribution >= 0.6 is 0 Å². The van der Waals surface area contributed by atoms with E-state index in [1.165, 1.54) is 6.08 Å². The molecule has 2 aromatic carbocycles. The molecule has 3 aromatic rings. The Morgan fingerprint density at radius 1 is 1.00 bits per heavy atom. The van der Waals surface area contributed by atoms with E-state index in [9.17, 15) is 14.7 Å². The van der Waals surface area contributed by atoms with Crippen molar-refractivity contribution in [2.45, 2.75) is 6.10 Å². The van der Waals surface area contributed by atoms with Crippen LogP contribution in [-0.4, -0.2) is 28.2 Å². The zero-order valence-electron chi connectivity index (χ0n) is 13.3. The Hall–Kier alpha value is -3.18. The molecule has 25 heavy (non-hydrogen) atoms. The number of hydrogen-bond acceptors (Lipinski definition) is 4. The minimum atomic E-state index is -0.808. The molecule has 3 N–H and O–H groups in total. The molecule has 0 spiro atoms. The summed E-state index contributed by atoms with van der Waals surface area (Å²) in [7, 11) is 0. The molecule has 1 aliphatic rings. The summed E-state index contributed by atoms with van der Waals surface area (Å²) in [6.07, 6.45) is 2.25. The van der Waals surface area contributed by atoms with Crippen molar-refractivity contribution in [3.63, 3.8) is 0 Å². The number of ketones is 2. The van der Waals surface area contributed by atoms with E-state index in [4.69, 9.17) is 0 Å². The summed E-state index contributed by atoms with van der Waals surface area (Å²) < 4.78 is 0. The lowest BCUT2D eigenvalue weighted by Crippen LogP contribution is -2.29. The van der Waals surface area contributed by atoms with Crippen LogP contribution in [0.4, 0.5) is 0 Å². The number of para-hydroxylation sites is 1. The van der Waals surface area contributed by atoms with E-state index in [-0.39, 0.29) is 23.8 Å². The van der Waals surface area contributed by atoms with Crippen molar-refractivity contribution in [3.05, 3.63) is 83.2 Å². The van der Waals surface area contributed by atoms with Crippen LogP contribution in [0, 0.1) is 0 Å². The third kappa shape index (κ3) is 2.64. The number of aliphatic hydroxyl groups excluding tert-OH is 1. The highest BCUT2D eigenvalue weighted by atomic mass is 16.3. The van der Waals surface area contributed by atoms with E-state index in [1.807, 2.05) is 24.3 Å². The van der Waals surface area contributed by atoms with Crippen LogP contribution < -0.4 is 5.32 Å². The summed E-state index contributed by atoms with van der Waals surface area (Å²) in [4.78, 5) is 27.8. The smallest absolute Gasteiger partial charge is 0.209 e. The van der Waals surface area contributed by atoms with Crippen LogP contribution in [-0.2, 0) is 0 Å². The predicted octanol–water partition coefficient (Wildman–Crippen LogP) is 2.75. The van der Waals surface area contributed by atoms with E-state index in [0.717, 1.165) is 16.5 Å². The Morgan fingerprint density at radius 3 is 2.56 bits per heavy atom. The lowest BCUT2D eigenvalue weighted by Gasteiger charge is -2.18. The molecular weight excluding hydrogens is 316 g/mol. The molecule has 1 aromatic heterocycles. The molecular formula is C20H16N2O3. The van der Waals surface area contributed by atoms with Crippen molar-refractivity contribution >= 4 is 22.5 Å². The Kier molecular flexibility index (Phi) is 3.71. The Balaban J connectivity index is 1.54. The van der Waals surface area contributed by atoms with Crippen molar-refractivity contribution in [2.75, 3.05) is 6.54 Å². The minimum absolute atomic E-state index is 0.134. The number of aliphatic hydroxyl groups is 1. The zero-order valence-corrected chi connectivity index (χ0v) is 13.3. The molecule has 0 saturated heterocycles. The first-order valence-corrected chi connectivity index (χ1v) is 8.03. The van der Waals surface area contributed by atoms with Crippen LogP contribution in [0.3, 0.4) is 0 Å². The number of carbonyl (C=O) groups excluding carboxylic acids is 2. The number of hydrogen-bond donors (Lipinski definition) is 3. The first kappa shape index (κ1) is 15.4. The van der Waals surface area contributed by atoms with Gasteiger partial charge in [-0.2, -0.15) is 0 Å². The number of rotatable bonds is 4. The molecule has 1 heterocycles. The lowest BCUT2D eigenvalue weighted by molar-refractivity contribution is 0.0974. The highest BCUT2D eigenvalue weighted by molar-refractivity contribution is 6.24. The van der Waals surface area contributed by atoms with Gasteiger partial charge in [0.15, 0.2) is 5.78 Å². The second-order valence-electron chi connectivity index (χ2n) is 5.98. The number of aromatic nitrogens is 1. The van der Waals surface area contributed by atoms with Crippen molar-refractivity contribution in [2.24, 2.45) is 0 Å². The number of allylic oxidation sites excluding steroid dienone is 2. The van der Waals surface area contributed by atoms with Crippen molar-refractivity contribution in [3.8, 4) is 0 Å². The number of fused-ring (bicyclic) bond motifs is 2. The van der Waals surface area contributed by atoms with E-state index in [0.29, 0.717) is 11.1 Å². The van der Waals surface area contributed by atoms with Gasteiger partial charge in [-0.25, -0.2) is 0 Å². The first-order chi connectivity index (χ1) is 12.1. The van der Waals surface area contributed by atoms with Gasteiger partial charge in [-0.1, -0.05) is 42.5 Å². The Labute approximate surface area is 144 Å². The van der Waals surface area contributed by atoms with Crippen LogP contribution in [0.25, 0.3) is 10.9 Å². The number of Topliss-reactive ketones (excluding diaryl/α,β-unsaturated/α-hetero) is 1. The van der Waals surface area contributed by atoms with Gasteiger partial charge in [0.05, 0.1) is 11.8 Å². The van der Waals surface area contributed by atoms with Crippen LogP contribution in [0.2, 0.25) is 0 Å². The van der Waals surface area contributed by atoms with Crippen LogP contribution in [0.5, 0.6) is 0 Å². The van der Waals surface area contributed by atoms with Gasteiger partial charge in [0.1, 0.15) is 0 Å². The normalized spacial score (nSPS) is 15.0. The standard InChI is InChI=1S/C20H16N2O3/c23-18-9-17(20(25)14-7-2-1-6-13(14)18)22-11-19(24)15-10-21-16-8-4-3-5-12(15)16/h1-10,19,21-22,24H,11H2. The van der Waals surface area contributed by atoms with Gasteiger partial charge in [-0.3, -0.25) is 9.59 Å². The molecule has 1 aliphatic carbocycles. The summed E-state index contributed by atoms with van der Waals surface area (Å²) in [5, 5.41) is 14.3. The van der Waals surface area contributed by atoms with Crippen molar-refractivity contribution in [1.29, 1.82) is 0 Å². The molecule has 1 unspecified atom stereocenters. The third-order valence-electron chi connectivity index (χ3n) is 4.42. The Bertz CT molecular complexity index is 1020. The molecule has 0 saturated carbocycles. The fraction of sp³-hybridized carbons (Fsp3) is 0.100. The summed E-state index contributed by atoms with van der Waals surface area (Å²) in [5.41, 5.74) is 2.70. The highest BCUT2D eigenvalue weighted by Gasteiger charge is 2.25. The molecule has 0 fully saturated rings. The molecule has 4 rings (SSSR count). The highest BCUT2D eigenvalue weighted by Crippen LogP contribution is 2.24. The van der Waals surface area contributed by atoms with Gasteiger partial charge in [0.25, 0.3) is 0 Å². The minimum Gasteiger partial charge on any atom is -0.386 e. The number of benzene rings is 2. The van der Waals surface area contributed by atoms with Crippen molar-refractivity contribution in [1.82, 2.24) is 10.3 Å². The van der Waals surface area contributed by atoms with Crippen LogP contribution in [0.1, 0.15) is 32.4 Å². The SMILES string of the molecule is O=C1C=C(NCC(O)c2c[nH]c3ccccc23)C(=O)c2ccccc21. The van der Waals surface area contributed by atoms with Gasteiger partial charge < -0.3 is 15.4 Å². The molecule has 124 valence electrons. The number of carbonyl (C=O) groups is 2. The average molecular weight is 332 g/mol. The molecule has 0 radical (unpaired) electrons. The van der Waals surface area contributed by atoms with Gasteiger partial charge in [-0.05, 0) is 6.07 Å². The largest absolute Gasteiger partial charge is 0.386 e. The molecule has 0 bridgehead atoms. The second kappa shape index (κ2) is 6.03. The summed E-state index contributed by atoms with van der Waals surface area (Å²) in [6.45, 7) is 0.134. The zero-order chi connectivity index (χ0) is 17.4. The van der Waals surface area contributed by atoms with E-state index in [1.54, 1.807) is 30.5 Å². The number of aromatic amines is 1. The molecule has 5 nitrogen and oxygen atoms in total. The maximum Gasteiger partial charge on any atom is 0.209 e. The number of nitrogens with one attached hydrogen (secondary N) is 2. The van der Waals surface area contributed by atoms with Gasteiger partial charge >= 0.3 is 0 Å². The number of H-pyrrole nitrogens is 1. The van der Waals surface area contributed by atoms with Crippen LogP contribution in [0.15, 0.2) is 66.5 Å². The maximum absolute atomic E-state index is 12.5. The molecule has 0 amide bonds. The molecule has 5 heteroatoms. The monoisotopic (exact) mass is 332 g/mol. The van der Waals surface area contributed by atoms with Gasteiger partial charge in [0, 0.05) is 46.4 Å². The maximum atomic E-state index is 12.5. The topological polar surface area (TPSA) is 82.2 Å². The quantitative estimate of drug-likeness (QED) is 0.686. The summed E-state index contributed by atoms with van der Waals surface area (Å²) in [5.74, 6) is -0.444. The van der Waals surface area contributed by atoms with Gasteiger partial charge in [-0.15, -0.1) is 0 Å². The summed E-state index contributed by atoms with van der Waals surface area (Å²) >= 11 is 0. The van der Waals surface area contributed by atoms with E-state index < -0.39 is 6.10 Å². The third-order valence-corrected chi connectivity index (χ3v) is 4.42. The predicted molar refractivity (Wildman–Crippen MR) is 94.4 cm³/mol. The second-order valence-corrected chi connectivity index (χ2v) is 5.98. The summed E-state index contributed by atoms with van der Waals surface area (Å²) in [6, 6.07) is 14.4. The van der Waals surface area contributed by atoms with E-state index in [2.05, 4.69) is 10.3 Å². The molecule has 0 aliphatic heterocycles. The molecule has 1 atom stereocenters.